The molecular formula is C16H34. The maximum atomic E-state index is 2.50. The summed E-state index contributed by atoms with van der Waals surface area (Å²) in [5.41, 5.74) is 0.848. The molecule has 0 heterocycles. The van der Waals surface area contributed by atoms with Gasteiger partial charge in [0.1, 0.15) is 0 Å². The maximum Gasteiger partial charge on any atom is -0.0247 e. The maximum absolute atomic E-state index is 2.50. The topological polar surface area (TPSA) is 0 Å². The van der Waals surface area contributed by atoms with E-state index in [1.54, 1.807) is 0 Å². The van der Waals surface area contributed by atoms with Gasteiger partial charge in [-0.05, 0) is 35.0 Å². The first-order chi connectivity index (χ1) is 7.15. The van der Waals surface area contributed by atoms with Crippen molar-refractivity contribution in [1.29, 1.82) is 0 Å². The van der Waals surface area contributed by atoms with Crippen molar-refractivity contribution >= 4 is 0 Å². The molecule has 3 unspecified atom stereocenters. The molecule has 0 fully saturated rings. The quantitative estimate of drug-likeness (QED) is 0.539. The molecule has 0 saturated heterocycles. The Morgan fingerprint density at radius 1 is 0.875 bits per heavy atom. The Kier molecular flexibility index (Phi) is 5.56. The van der Waals surface area contributed by atoms with Gasteiger partial charge in [-0.2, -0.15) is 0 Å². The average molecular weight is 226 g/mol. The Balaban J connectivity index is 5.19. The highest BCUT2D eigenvalue weighted by atomic mass is 14.5. The van der Waals surface area contributed by atoms with Crippen LogP contribution in [0.4, 0.5) is 0 Å². The third-order valence-corrected chi connectivity index (χ3v) is 6.15. The lowest BCUT2D eigenvalue weighted by Crippen LogP contribution is -2.45. The van der Waals surface area contributed by atoms with E-state index in [-0.39, 0.29) is 0 Å². The summed E-state index contributed by atoms with van der Waals surface area (Å²) in [5, 5.41) is 0. The van der Waals surface area contributed by atoms with E-state index in [0.29, 0.717) is 10.8 Å². The summed E-state index contributed by atoms with van der Waals surface area (Å²) in [6.45, 7) is 21.7. The highest BCUT2D eigenvalue weighted by Gasteiger charge is 2.46. The van der Waals surface area contributed by atoms with Crippen LogP contribution in [0.5, 0.6) is 0 Å². The van der Waals surface area contributed by atoms with Gasteiger partial charge in [0.25, 0.3) is 0 Å². The third kappa shape index (κ3) is 2.63. The van der Waals surface area contributed by atoms with Crippen LogP contribution in [-0.4, -0.2) is 0 Å². The molecule has 0 heteroatoms. The molecule has 16 heavy (non-hydrogen) atoms. The zero-order chi connectivity index (χ0) is 13.1. The minimum Gasteiger partial charge on any atom is -0.0651 e. The Morgan fingerprint density at radius 2 is 1.31 bits per heavy atom. The van der Waals surface area contributed by atoms with Crippen LogP contribution in [0.3, 0.4) is 0 Å². The van der Waals surface area contributed by atoms with Crippen molar-refractivity contribution in [3.05, 3.63) is 0 Å². The molecule has 3 atom stereocenters. The van der Waals surface area contributed by atoms with E-state index in [1.807, 2.05) is 0 Å². The largest absolute Gasteiger partial charge is 0.0651 e. The van der Waals surface area contributed by atoms with Crippen LogP contribution >= 0.6 is 0 Å². The molecule has 0 aromatic heterocycles. The normalized spacial score (nSPS) is 20.6. The molecule has 0 spiro atoms. The molecule has 0 aliphatic heterocycles. The fourth-order valence-corrected chi connectivity index (χ4v) is 3.01. The second-order valence-corrected chi connectivity index (χ2v) is 6.82. The molecule has 0 N–H and O–H groups in total. The molecule has 0 aromatic carbocycles. The van der Waals surface area contributed by atoms with Crippen molar-refractivity contribution < 1.29 is 0 Å². The van der Waals surface area contributed by atoms with Crippen LogP contribution in [0.25, 0.3) is 0 Å². The van der Waals surface area contributed by atoms with Crippen molar-refractivity contribution in [2.24, 2.45) is 28.6 Å². The van der Waals surface area contributed by atoms with Crippen LogP contribution in [-0.2, 0) is 0 Å². The number of hydrogen-bond acceptors (Lipinski definition) is 0. The van der Waals surface area contributed by atoms with Crippen molar-refractivity contribution in [2.75, 3.05) is 0 Å². The molecule has 0 saturated carbocycles. The first-order valence-corrected chi connectivity index (χ1v) is 7.15. The van der Waals surface area contributed by atoms with Crippen LogP contribution in [0, 0.1) is 28.6 Å². The average Bonchev–Trinajstić information content (AvgIpc) is 2.25. The van der Waals surface area contributed by atoms with Gasteiger partial charge in [0.15, 0.2) is 0 Å². The van der Waals surface area contributed by atoms with Crippen LogP contribution < -0.4 is 0 Å². The van der Waals surface area contributed by atoms with Crippen LogP contribution in [0.2, 0.25) is 0 Å². The first kappa shape index (κ1) is 16.0. The molecule has 0 nitrogen and oxygen atoms in total. The van der Waals surface area contributed by atoms with Gasteiger partial charge >= 0.3 is 0 Å². The van der Waals surface area contributed by atoms with Crippen molar-refractivity contribution in [2.45, 2.75) is 75.2 Å². The summed E-state index contributed by atoms with van der Waals surface area (Å²) in [6, 6.07) is 0. The van der Waals surface area contributed by atoms with E-state index in [9.17, 15) is 0 Å². The van der Waals surface area contributed by atoms with Crippen molar-refractivity contribution in [3.8, 4) is 0 Å². The SMILES string of the molecule is CCC(C)C(C)C(C)(CC)C(C)(C)C(C)C. The van der Waals surface area contributed by atoms with Gasteiger partial charge < -0.3 is 0 Å². The smallest absolute Gasteiger partial charge is 0.0247 e. The minimum atomic E-state index is 0.407. The second-order valence-electron chi connectivity index (χ2n) is 6.82. The molecule has 0 aromatic rings. The molecule has 0 radical (unpaired) electrons. The van der Waals surface area contributed by atoms with Gasteiger partial charge in [-0.3, -0.25) is 0 Å². The van der Waals surface area contributed by atoms with E-state index < -0.39 is 0 Å². The summed E-state index contributed by atoms with van der Waals surface area (Å²) < 4.78 is 0. The van der Waals surface area contributed by atoms with Gasteiger partial charge in [-0.25, -0.2) is 0 Å². The van der Waals surface area contributed by atoms with E-state index in [2.05, 4.69) is 62.3 Å². The predicted molar refractivity (Wildman–Crippen MR) is 75.6 cm³/mol. The fourth-order valence-electron chi connectivity index (χ4n) is 3.01. The molecular weight excluding hydrogens is 192 g/mol. The Morgan fingerprint density at radius 3 is 1.56 bits per heavy atom. The summed E-state index contributed by atoms with van der Waals surface area (Å²) in [5.74, 6) is 2.35. The Labute approximate surface area is 104 Å². The van der Waals surface area contributed by atoms with Gasteiger partial charge in [0.2, 0.25) is 0 Å². The van der Waals surface area contributed by atoms with E-state index >= 15 is 0 Å². The van der Waals surface area contributed by atoms with Gasteiger partial charge in [-0.1, -0.05) is 68.7 Å². The highest BCUT2D eigenvalue weighted by molar-refractivity contribution is 4.95. The summed E-state index contributed by atoms with van der Waals surface area (Å²) in [7, 11) is 0. The molecule has 0 aliphatic carbocycles. The predicted octanol–water partition coefficient (Wildman–Crippen LogP) is 5.77. The summed E-state index contributed by atoms with van der Waals surface area (Å²) in [6.07, 6.45) is 2.58. The third-order valence-electron chi connectivity index (χ3n) is 6.15. The van der Waals surface area contributed by atoms with Gasteiger partial charge in [-0.15, -0.1) is 0 Å². The lowest BCUT2D eigenvalue weighted by atomic mass is 9.53. The fraction of sp³-hybridized carbons (Fsp3) is 1.00. The summed E-state index contributed by atoms with van der Waals surface area (Å²) >= 11 is 0. The molecule has 98 valence electrons. The summed E-state index contributed by atoms with van der Waals surface area (Å²) in [4.78, 5) is 0. The molecule has 0 amide bonds. The van der Waals surface area contributed by atoms with Gasteiger partial charge in [0, 0.05) is 0 Å². The zero-order valence-electron chi connectivity index (χ0n) is 13.1. The number of hydrogen-bond donors (Lipinski definition) is 0. The Bertz CT molecular complexity index is 202. The lowest BCUT2D eigenvalue weighted by molar-refractivity contribution is -0.0343. The van der Waals surface area contributed by atoms with Gasteiger partial charge in [0.05, 0.1) is 0 Å². The van der Waals surface area contributed by atoms with Crippen LogP contribution in [0.1, 0.15) is 75.2 Å². The molecule has 0 bridgehead atoms. The van der Waals surface area contributed by atoms with Crippen molar-refractivity contribution in [1.82, 2.24) is 0 Å². The van der Waals surface area contributed by atoms with E-state index in [4.69, 9.17) is 0 Å². The van der Waals surface area contributed by atoms with E-state index in [1.165, 1.54) is 12.8 Å². The Hall–Kier alpha value is 0. The zero-order valence-corrected chi connectivity index (χ0v) is 13.1. The standard InChI is InChI=1S/C16H34/c1-10-13(5)14(6)16(9,11-2)15(7,8)12(3)4/h12-14H,10-11H2,1-9H3. The van der Waals surface area contributed by atoms with E-state index in [0.717, 1.165) is 17.8 Å². The highest BCUT2D eigenvalue weighted by Crippen LogP contribution is 2.53. The number of rotatable bonds is 6. The molecule has 0 aliphatic rings. The molecule has 0 rings (SSSR count). The lowest BCUT2D eigenvalue weighted by Gasteiger charge is -2.52. The van der Waals surface area contributed by atoms with Crippen LogP contribution in [0.15, 0.2) is 0 Å². The minimum absolute atomic E-state index is 0.407. The van der Waals surface area contributed by atoms with Crippen molar-refractivity contribution in [3.63, 3.8) is 0 Å². The first-order valence-electron chi connectivity index (χ1n) is 7.15. The second kappa shape index (κ2) is 5.56. The monoisotopic (exact) mass is 226 g/mol.